The number of hydrogen-bond donors (Lipinski definition) is 4. The first-order valence-corrected chi connectivity index (χ1v) is 10.3. The molecule has 0 saturated carbocycles. The number of oxime groups is 2. The number of carbonyl (C=O) groups is 3. The van der Waals surface area contributed by atoms with Crippen LogP contribution in [0.15, 0.2) is 34.6 Å². The van der Waals surface area contributed by atoms with Gasteiger partial charge in [-0.25, -0.2) is 4.79 Å². The predicted octanol–water partition coefficient (Wildman–Crippen LogP) is 0.628. The number of unbranched alkanes of at least 4 members (excludes halogenated alkanes) is 1. The van der Waals surface area contributed by atoms with Gasteiger partial charge in [-0.05, 0) is 12.0 Å². The average Bonchev–Trinajstić information content (AvgIpc) is 3.27. The van der Waals surface area contributed by atoms with Gasteiger partial charge in [-0.2, -0.15) is 0 Å². The maximum Gasteiger partial charge on any atom is 0.330 e. The number of esters is 1. The molecule has 11 nitrogen and oxygen atoms in total. The highest BCUT2D eigenvalue weighted by molar-refractivity contribution is 6.03. The first-order chi connectivity index (χ1) is 15.4. The van der Waals surface area contributed by atoms with Crippen molar-refractivity contribution < 1.29 is 29.2 Å². The number of nitrogens with two attached hydrogens (primary N) is 1. The van der Waals surface area contributed by atoms with Crippen LogP contribution in [0.1, 0.15) is 50.2 Å². The van der Waals surface area contributed by atoms with Crippen molar-refractivity contribution in [2.75, 3.05) is 13.7 Å². The number of ether oxygens (including phenoxy) is 1. The second kappa shape index (κ2) is 12.3. The molecule has 5 N–H and O–H groups in total. The van der Waals surface area contributed by atoms with Crippen LogP contribution in [0, 0.1) is 0 Å². The number of nitrogens with one attached hydrogen (secondary N) is 2. The third-order valence-electron chi connectivity index (χ3n) is 4.85. The summed E-state index contributed by atoms with van der Waals surface area (Å²) in [4.78, 5) is 41.5. The van der Waals surface area contributed by atoms with Crippen molar-refractivity contribution in [1.82, 2.24) is 10.6 Å². The maximum absolute atomic E-state index is 12.3. The van der Waals surface area contributed by atoms with Crippen LogP contribution in [0.5, 0.6) is 0 Å². The fourth-order valence-electron chi connectivity index (χ4n) is 3.03. The maximum atomic E-state index is 12.3. The summed E-state index contributed by atoms with van der Waals surface area (Å²) in [6, 6.07) is 5.95. The summed E-state index contributed by atoms with van der Waals surface area (Å²) in [7, 11) is 1.22. The van der Waals surface area contributed by atoms with E-state index in [1.165, 1.54) is 7.11 Å². The van der Waals surface area contributed by atoms with E-state index in [0.717, 1.165) is 12.0 Å². The van der Waals surface area contributed by atoms with Gasteiger partial charge in [-0.3, -0.25) is 9.59 Å². The summed E-state index contributed by atoms with van der Waals surface area (Å²) >= 11 is 0. The number of rotatable bonds is 11. The molecule has 1 aromatic rings. The van der Waals surface area contributed by atoms with Crippen LogP contribution in [0.3, 0.4) is 0 Å². The number of amides is 2. The Hall–Kier alpha value is -3.63. The van der Waals surface area contributed by atoms with Crippen LogP contribution in [-0.2, 0) is 24.0 Å². The molecular weight excluding hydrogens is 418 g/mol. The summed E-state index contributed by atoms with van der Waals surface area (Å²) < 4.78 is 4.70. The number of methoxy groups -OCH3 is 1. The van der Waals surface area contributed by atoms with Crippen molar-refractivity contribution in [3.63, 3.8) is 0 Å². The fraction of sp³-hybridized carbons (Fsp3) is 0.476. The van der Waals surface area contributed by atoms with Gasteiger partial charge in [-0.15, -0.1) is 0 Å². The molecule has 1 heterocycles. The Labute approximate surface area is 186 Å². The van der Waals surface area contributed by atoms with Crippen LogP contribution in [0.2, 0.25) is 0 Å². The van der Waals surface area contributed by atoms with Crippen LogP contribution < -0.4 is 16.4 Å². The highest BCUT2D eigenvalue weighted by Gasteiger charge is 2.26. The first-order valence-electron chi connectivity index (χ1n) is 10.3. The molecule has 1 aromatic carbocycles. The van der Waals surface area contributed by atoms with E-state index >= 15 is 0 Å². The third-order valence-corrected chi connectivity index (χ3v) is 4.85. The zero-order valence-electron chi connectivity index (χ0n) is 18.2. The van der Waals surface area contributed by atoms with Gasteiger partial charge in [0, 0.05) is 24.9 Å². The zero-order chi connectivity index (χ0) is 23.5. The molecular formula is C21H29N5O6. The molecule has 32 heavy (non-hydrogen) atoms. The largest absolute Gasteiger partial charge is 0.467 e. The molecule has 2 unspecified atom stereocenters. The van der Waals surface area contributed by atoms with E-state index in [9.17, 15) is 14.4 Å². The number of amidine groups is 1. The molecule has 1 aliphatic rings. The minimum absolute atomic E-state index is 0.00233. The van der Waals surface area contributed by atoms with E-state index in [4.69, 9.17) is 20.5 Å². The highest BCUT2D eigenvalue weighted by atomic mass is 16.6. The Morgan fingerprint density at radius 1 is 1.31 bits per heavy atom. The standard InChI is InChI=1S/C21H29N5O6/c1-3-4-5-18(27)24-17(21(29)31-2)12-23-19(28)11-15-10-16(26-32-15)13-6-8-14(9-7-13)20(22)25-30/h6-9,15,17,30H,3-5,10-12H2,1-2H3,(H2,22,25)(H,23,28)(H,24,27). The van der Waals surface area contributed by atoms with Gasteiger partial charge in [0.15, 0.2) is 5.84 Å². The lowest BCUT2D eigenvalue weighted by Crippen LogP contribution is -2.49. The lowest BCUT2D eigenvalue weighted by Gasteiger charge is -2.17. The number of nitrogens with zero attached hydrogens (tertiary/aromatic N) is 2. The molecule has 11 heteroatoms. The van der Waals surface area contributed by atoms with Crippen molar-refractivity contribution in [3.8, 4) is 0 Å². The molecule has 2 atom stereocenters. The lowest BCUT2D eigenvalue weighted by molar-refractivity contribution is -0.145. The monoisotopic (exact) mass is 447 g/mol. The van der Waals surface area contributed by atoms with Crippen molar-refractivity contribution in [1.29, 1.82) is 0 Å². The number of benzene rings is 1. The van der Waals surface area contributed by atoms with E-state index in [1.54, 1.807) is 24.3 Å². The van der Waals surface area contributed by atoms with Gasteiger partial charge in [0.25, 0.3) is 0 Å². The van der Waals surface area contributed by atoms with Gasteiger partial charge in [0.1, 0.15) is 12.1 Å². The molecule has 174 valence electrons. The molecule has 2 amide bonds. The Kier molecular flexibility index (Phi) is 9.45. The molecule has 1 aliphatic heterocycles. The van der Waals surface area contributed by atoms with Gasteiger partial charge in [0.05, 0.1) is 19.2 Å². The Morgan fingerprint density at radius 3 is 2.66 bits per heavy atom. The van der Waals surface area contributed by atoms with E-state index in [1.807, 2.05) is 6.92 Å². The van der Waals surface area contributed by atoms with Gasteiger partial charge >= 0.3 is 5.97 Å². The van der Waals surface area contributed by atoms with Crippen molar-refractivity contribution >= 4 is 29.3 Å². The summed E-state index contributed by atoms with van der Waals surface area (Å²) in [6.07, 6.45) is 1.86. The van der Waals surface area contributed by atoms with E-state index in [-0.39, 0.29) is 30.6 Å². The van der Waals surface area contributed by atoms with Crippen LogP contribution in [0.4, 0.5) is 0 Å². The fourth-order valence-corrected chi connectivity index (χ4v) is 3.03. The van der Waals surface area contributed by atoms with Crippen LogP contribution >= 0.6 is 0 Å². The van der Waals surface area contributed by atoms with Crippen molar-refractivity contribution in [2.45, 2.75) is 51.2 Å². The van der Waals surface area contributed by atoms with Crippen LogP contribution in [0.25, 0.3) is 0 Å². The molecule has 0 fully saturated rings. The summed E-state index contributed by atoms with van der Waals surface area (Å²) in [5, 5.41) is 20.9. The van der Waals surface area contributed by atoms with Crippen LogP contribution in [-0.4, -0.2) is 60.3 Å². The minimum atomic E-state index is -0.960. The zero-order valence-corrected chi connectivity index (χ0v) is 18.2. The average molecular weight is 447 g/mol. The first kappa shape index (κ1) is 24.6. The molecule has 2 rings (SSSR count). The molecule has 0 saturated heterocycles. The second-order valence-corrected chi connectivity index (χ2v) is 7.29. The Balaban J connectivity index is 1.83. The Bertz CT molecular complexity index is 868. The number of carbonyl (C=O) groups excluding carboxylic acids is 3. The van der Waals surface area contributed by atoms with Crippen molar-refractivity contribution in [3.05, 3.63) is 35.4 Å². The quantitative estimate of drug-likeness (QED) is 0.127. The van der Waals surface area contributed by atoms with E-state index < -0.39 is 18.1 Å². The van der Waals surface area contributed by atoms with Crippen molar-refractivity contribution in [2.24, 2.45) is 16.0 Å². The molecule has 0 spiro atoms. The summed E-state index contributed by atoms with van der Waals surface area (Å²) in [5.74, 6) is -1.24. The summed E-state index contributed by atoms with van der Waals surface area (Å²) in [6.45, 7) is 1.88. The molecule has 0 aliphatic carbocycles. The molecule has 0 radical (unpaired) electrons. The predicted molar refractivity (Wildman–Crippen MR) is 116 cm³/mol. The molecule has 0 bridgehead atoms. The SMILES string of the molecule is CCCCC(=O)NC(CNC(=O)CC1CC(c2ccc(/C(N)=N\O)cc2)=NO1)C(=O)OC. The third kappa shape index (κ3) is 7.25. The van der Waals surface area contributed by atoms with Gasteiger partial charge in [-0.1, -0.05) is 47.9 Å². The van der Waals surface area contributed by atoms with Gasteiger partial charge < -0.3 is 31.1 Å². The summed E-state index contributed by atoms with van der Waals surface area (Å²) in [5.41, 5.74) is 7.58. The molecule has 0 aromatic heterocycles. The second-order valence-electron chi connectivity index (χ2n) is 7.29. The topological polar surface area (TPSA) is 165 Å². The lowest BCUT2D eigenvalue weighted by atomic mass is 10.0. The smallest absolute Gasteiger partial charge is 0.330 e. The van der Waals surface area contributed by atoms with Gasteiger partial charge in [0.2, 0.25) is 11.8 Å². The minimum Gasteiger partial charge on any atom is -0.467 e. The van der Waals surface area contributed by atoms with E-state index in [2.05, 4.69) is 20.9 Å². The van der Waals surface area contributed by atoms with E-state index in [0.29, 0.717) is 30.5 Å². The highest BCUT2D eigenvalue weighted by Crippen LogP contribution is 2.19. The number of hydrogen-bond acceptors (Lipinski definition) is 8. The normalized spacial score (nSPS) is 16.5. The Morgan fingerprint density at radius 2 is 2.03 bits per heavy atom.